The van der Waals surface area contributed by atoms with Gasteiger partial charge < -0.3 is 15.4 Å². The lowest BCUT2D eigenvalue weighted by Crippen LogP contribution is -2.33. The maximum absolute atomic E-state index is 13.2. The molecule has 2 N–H and O–H groups in total. The van der Waals surface area contributed by atoms with Crippen molar-refractivity contribution in [2.45, 2.75) is 31.8 Å². The van der Waals surface area contributed by atoms with Gasteiger partial charge in [0.25, 0.3) is 5.91 Å². The molecule has 2 rings (SSSR count). The quantitative estimate of drug-likeness (QED) is 0.884. The number of ether oxygens (including phenoxy) is 1. The van der Waals surface area contributed by atoms with E-state index in [2.05, 4.69) is 0 Å². The molecule has 0 spiro atoms. The van der Waals surface area contributed by atoms with Crippen molar-refractivity contribution in [3.05, 3.63) is 29.6 Å². The summed E-state index contributed by atoms with van der Waals surface area (Å²) in [5, 5.41) is 0. The third-order valence-corrected chi connectivity index (χ3v) is 3.31. The summed E-state index contributed by atoms with van der Waals surface area (Å²) in [4.78, 5) is 13.5. The van der Waals surface area contributed by atoms with E-state index in [0.29, 0.717) is 17.4 Å². The number of amides is 1. The number of hydrogen-bond donors (Lipinski definition) is 1. The van der Waals surface area contributed by atoms with Gasteiger partial charge in [-0.25, -0.2) is 4.39 Å². The lowest BCUT2D eigenvalue weighted by atomic mass is 10.1. The smallest absolute Gasteiger partial charge is 0.260 e. The minimum atomic E-state index is -0.401. The molecule has 1 atom stereocenters. The van der Waals surface area contributed by atoms with Gasteiger partial charge in [-0.3, -0.25) is 4.79 Å². The van der Waals surface area contributed by atoms with Crippen molar-refractivity contribution in [3.8, 4) is 5.75 Å². The molecule has 0 bridgehead atoms. The van der Waals surface area contributed by atoms with E-state index in [-0.39, 0.29) is 18.6 Å². The molecule has 0 saturated heterocycles. The van der Waals surface area contributed by atoms with E-state index in [9.17, 15) is 9.18 Å². The fourth-order valence-electron chi connectivity index (χ4n) is 1.92. The molecule has 0 unspecified atom stereocenters. The van der Waals surface area contributed by atoms with Crippen LogP contribution in [0.4, 0.5) is 4.39 Å². The fourth-order valence-corrected chi connectivity index (χ4v) is 1.92. The minimum absolute atomic E-state index is 0.0871. The summed E-state index contributed by atoms with van der Waals surface area (Å²) >= 11 is 0. The average Bonchev–Trinajstić information content (AvgIpc) is 3.18. The number of benzene rings is 1. The van der Waals surface area contributed by atoms with Gasteiger partial charge in [0.05, 0.1) is 0 Å². The monoisotopic (exact) mass is 266 g/mol. The van der Waals surface area contributed by atoms with Gasteiger partial charge in [0.1, 0.15) is 11.6 Å². The Morgan fingerprint density at radius 2 is 2.26 bits per heavy atom. The molecule has 0 heterocycles. The van der Waals surface area contributed by atoms with Crippen molar-refractivity contribution < 1.29 is 13.9 Å². The van der Waals surface area contributed by atoms with Crippen molar-refractivity contribution in [2.75, 3.05) is 13.7 Å². The first kappa shape index (κ1) is 13.8. The number of carbonyl (C=O) groups is 1. The molecule has 1 aliphatic rings. The highest BCUT2D eigenvalue weighted by Gasteiger charge is 2.29. The van der Waals surface area contributed by atoms with Gasteiger partial charge in [-0.05, 0) is 25.8 Å². The molecule has 19 heavy (non-hydrogen) atoms. The van der Waals surface area contributed by atoms with Crippen LogP contribution in [-0.4, -0.2) is 30.5 Å². The number of likely N-dealkylation sites (N-methyl/N-ethyl adjacent to an activating group) is 1. The number of rotatable bonds is 5. The number of halogens is 1. The summed E-state index contributed by atoms with van der Waals surface area (Å²) in [6.45, 7) is 1.70. The van der Waals surface area contributed by atoms with Gasteiger partial charge >= 0.3 is 0 Å². The second-order valence-corrected chi connectivity index (χ2v) is 5.00. The molecule has 0 radical (unpaired) electrons. The van der Waals surface area contributed by atoms with E-state index in [0.717, 1.165) is 12.8 Å². The molecular weight excluding hydrogens is 247 g/mol. The van der Waals surface area contributed by atoms with E-state index in [1.54, 1.807) is 24.9 Å². The molecule has 1 fully saturated rings. The third kappa shape index (κ3) is 3.44. The van der Waals surface area contributed by atoms with E-state index in [1.807, 2.05) is 0 Å². The summed E-state index contributed by atoms with van der Waals surface area (Å²) in [6, 6.07) is 4.26. The Labute approximate surface area is 112 Å². The Kier molecular flexibility index (Phi) is 4.04. The summed E-state index contributed by atoms with van der Waals surface area (Å²) < 4.78 is 18.6. The SMILES string of the molecule is C[C@@H](N)c1ccc(F)cc1OCC(=O)N(C)C1CC1. The Morgan fingerprint density at radius 3 is 2.84 bits per heavy atom. The molecule has 0 aliphatic heterocycles. The highest BCUT2D eigenvalue weighted by atomic mass is 19.1. The second-order valence-electron chi connectivity index (χ2n) is 5.00. The maximum atomic E-state index is 13.2. The zero-order valence-electron chi connectivity index (χ0n) is 11.2. The first-order chi connectivity index (χ1) is 8.99. The minimum Gasteiger partial charge on any atom is -0.483 e. The lowest BCUT2D eigenvalue weighted by molar-refractivity contribution is -0.132. The number of carbonyl (C=O) groups excluding carboxylic acids is 1. The van der Waals surface area contributed by atoms with Crippen molar-refractivity contribution in [1.29, 1.82) is 0 Å². The van der Waals surface area contributed by atoms with Crippen LogP contribution < -0.4 is 10.5 Å². The summed E-state index contributed by atoms with van der Waals surface area (Å²) in [5.74, 6) is -0.155. The number of hydrogen-bond acceptors (Lipinski definition) is 3. The second kappa shape index (κ2) is 5.57. The van der Waals surface area contributed by atoms with Crippen LogP contribution in [0.25, 0.3) is 0 Å². The number of nitrogens with zero attached hydrogens (tertiary/aromatic N) is 1. The molecule has 1 aliphatic carbocycles. The zero-order valence-corrected chi connectivity index (χ0v) is 11.2. The Balaban J connectivity index is 2.01. The number of nitrogens with two attached hydrogens (primary N) is 1. The highest BCUT2D eigenvalue weighted by Crippen LogP contribution is 2.27. The van der Waals surface area contributed by atoms with E-state index in [4.69, 9.17) is 10.5 Å². The topological polar surface area (TPSA) is 55.6 Å². The largest absolute Gasteiger partial charge is 0.483 e. The van der Waals surface area contributed by atoms with Crippen molar-refractivity contribution in [3.63, 3.8) is 0 Å². The van der Waals surface area contributed by atoms with Crippen LogP contribution in [-0.2, 0) is 4.79 Å². The molecule has 5 heteroatoms. The van der Waals surface area contributed by atoms with E-state index >= 15 is 0 Å². The molecule has 1 amide bonds. The molecule has 0 aromatic heterocycles. The van der Waals surface area contributed by atoms with Crippen molar-refractivity contribution >= 4 is 5.91 Å². The van der Waals surface area contributed by atoms with Crippen LogP contribution in [0.1, 0.15) is 31.4 Å². The van der Waals surface area contributed by atoms with Crippen LogP contribution in [0.3, 0.4) is 0 Å². The standard InChI is InChI=1S/C14H19FN2O2/c1-9(16)12-6-3-10(15)7-13(12)19-8-14(18)17(2)11-4-5-11/h3,6-7,9,11H,4-5,8,16H2,1-2H3/t9-/m1/s1. The Morgan fingerprint density at radius 1 is 1.58 bits per heavy atom. The van der Waals surface area contributed by atoms with Gasteiger partial charge in [0, 0.05) is 30.8 Å². The zero-order chi connectivity index (χ0) is 14.0. The van der Waals surface area contributed by atoms with Crippen LogP contribution in [0.2, 0.25) is 0 Å². The molecule has 1 aromatic rings. The van der Waals surface area contributed by atoms with Crippen LogP contribution in [0, 0.1) is 5.82 Å². The van der Waals surface area contributed by atoms with Crippen LogP contribution in [0.15, 0.2) is 18.2 Å². The van der Waals surface area contributed by atoms with Gasteiger partial charge in [-0.2, -0.15) is 0 Å². The first-order valence-corrected chi connectivity index (χ1v) is 6.42. The summed E-state index contributed by atoms with van der Waals surface area (Å²) in [5.41, 5.74) is 6.49. The third-order valence-electron chi connectivity index (χ3n) is 3.31. The summed E-state index contributed by atoms with van der Waals surface area (Å²) in [7, 11) is 1.77. The average molecular weight is 266 g/mol. The molecule has 104 valence electrons. The first-order valence-electron chi connectivity index (χ1n) is 6.42. The van der Waals surface area contributed by atoms with Crippen LogP contribution >= 0.6 is 0 Å². The predicted molar refractivity (Wildman–Crippen MR) is 70.3 cm³/mol. The van der Waals surface area contributed by atoms with Gasteiger partial charge in [-0.15, -0.1) is 0 Å². The lowest BCUT2D eigenvalue weighted by Gasteiger charge is -2.18. The molecule has 1 saturated carbocycles. The highest BCUT2D eigenvalue weighted by molar-refractivity contribution is 5.78. The van der Waals surface area contributed by atoms with E-state index < -0.39 is 5.82 Å². The Bertz CT molecular complexity index is 473. The van der Waals surface area contributed by atoms with Gasteiger partial charge in [0.2, 0.25) is 0 Å². The van der Waals surface area contributed by atoms with Crippen LogP contribution in [0.5, 0.6) is 5.75 Å². The molecule has 4 nitrogen and oxygen atoms in total. The van der Waals surface area contributed by atoms with Gasteiger partial charge in [0.15, 0.2) is 6.61 Å². The van der Waals surface area contributed by atoms with Crippen molar-refractivity contribution in [2.24, 2.45) is 5.73 Å². The fraction of sp³-hybridized carbons (Fsp3) is 0.500. The van der Waals surface area contributed by atoms with E-state index in [1.165, 1.54) is 12.1 Å². The molecular formula is C14H19FN2O2. The summed E-state index contributed by atoms with van der Waals surface area (Å²) in [6.07, 6.45) is 2.10. The Hall–Kier alpha value is -1.62. The van der Waals surface area contributed by atoms with Gasteiger partial charge in [-0.1, -0.05) is 6.07 Å². The van der Waals surface area contributed by atoms with Crippen molar-refractivity contribution in [1.82, 2.24) is 4.90 Å². The predicted octanol–water partition coefficient (Wildman–Crippen LogP) is 1.85. The maximum Gasteiger partial charge on any atom is 0.260 e. The normalized spacial score (nSPS) is 16.0. The molecule has 1 aromatic carbocycles.